The Morgan fingerprint density at radius 1 is 0.909 bits per heavy atom. The number of hydrogen-bond acceptors (Lipinski definition) is 4. The summed E-state index contributed by atoms with van der Waals surface area (Å²) in [4.78, 5) is 41.4. The molecule has 4 rings (SSSR count). The molecule has 0 unspecified atom stereocenters. The van der Waals surface area contributed by atoms with E-state index in [-0.39, 0.29) is 17.7 Å². The quantitative estimate of drug-likeness (QED) is 0.346. The number of ether oxygens (including phenoxy) is 1. The van der Waals surface area contributed by atoms with Crippen LogP contribution < -0.4 is 9.64 Å². The van der Waals surface area contributed by atoms with Gasteiger partial charge in [0.2, 0.25) is 0 Å². The molecule has 0 aliphatic carbocycles. The fourth-order valence-electron chi connectivity index (χ4n) is 3.86. The fourth-order valence-corrected chi connectivity index (χ4v) is 3.99. The lowest BCUT2D eigenvalue weighted by atomic mass is 10.1. The van der Waals surface area contributed by atoms with Gasteiger partial charge >= 0.3 is 0 Å². The molecule has 6 nitrogen and oxygen atoms in total. The summed E-state index contributed by atoms with van der Waals surface area (Å²) in [6.07, 6.45) is 1.17. The van der Waals surface area contributed by atoms with E-state index in [4.69, 9.17) is 16.3 Å². The highest BCUT2D eigenvalue weighted by molar-refractivity contribution is 6.30. The number of hydrogen-bond donors (Lipinski definition) is 0. The van der Waals surface area contributed by atoms with E-state index in [1.807, 2.05) is 0 Å². The number of benzene rings is 3. The lowest BCUT2D eigenvalue weighted by molar-refractivity contribution is 0.0651. The second kappa shape index (κ2) is 9.88. The van der Waals surface area contributed by atoms with Crippen molar-refractivity contribution in [1.82, 2.24) is 4.90 Å². The predicted molar refractivity (Wildman–Crippen MR) is 127 cm³/mol. The molecule has 0 atom stereocenters. The number of amides is 3. The molecule has 0 fully saturated rings. The first-order valence-corrected chi connectivity index (χ1v) is 11.0. The van der Waals surface area contributed by atoms with Crippen molar-refractivity contribution in [3.8, 4) is 5.75 Å². The summed E-state index contributed by atoms with van der Waals surface area (Å²) in [6.45, 7) is 0.717. The Balaban J connectivity index is 1.45. The Kier molecular flexibility index (Phi) is 6.75. The number of nitrogens with zero attached hydrogens (tertiary/aromatic N) is 2. The minimum atomic E-state index is -0.266. The summed E-state index contributed by atoms with van der Waals surface area (Å²) in [7, 11) is 1.56. The van der Waals surface area contributed by atoms with Gasteiger partial charge in [0, 0.05) is 29.4 Å². The largest absolute Gasteiger partial charge is 0.497 e. The van der Waals surface area contributed by atoms with Gasteiger partial charge < -0.3 is 9.64 Å². The van der Waals surface area contributed by atoms with Crippen molar-refractivity contribution in [2.75, 3.05) is 25.1 Å². The molecule has 1 heterocycles. The van der Waals surface area contributed by atoms with Crippen LogP contribution in [0.25, 0.3) is 0 Å². The number of carbonyl (C=O) groups excluding carboxylic acids is 3. The number of fused-ring (bicyclic) bond motifs is 1. The van der Waals surface area contributed by atoms with Gasteiger partial charge in [-0.15, -0.1) is 0 Å². The average Bonchev–Trinajstić information content (AvgIpc) is 3.09. The molecule has 0 saturated heterocycles. The maximum atomic E-state index is 13.3. The van der Waals surface area contributed by atoms with E-state index in [2.05, 4.69) is 0 Å². The summed E-state index contributed by atoms with van der Waals surface area (Å²) in [5, 5.41) is 0.582. The minimum Gasteiger partial charge on any atom is -0.497 e. The van der Waals surface area contributed by atoms with Crippen LogP contribution in [-0.2, 0) is 0 Å². The maximum absolute atomic E-state index is 13.3. The van der Waals surface area contributed by atoms with Gasteiger partial charge in [0.1, 0.15) is 5.75 Å². The van der Waals surface area contributed by atoms with E-state index < -0.39 is 0 Å². The molecular weight excluding hydrogens is 440 g/mol. The van der Waals surface area contributed by atoms with Gasteiger partial charge in [0.15, 0.2) is 0 Å². The van der Waals surface area contributed by atoms with Crippen molar-refractivity contribution in [3.63, 3.8) is 0 Å². The third-order valence-electron chi connectivity index (χ3n) is 5.59. The van der Waals surface area contributed by atoms with Crippen LogP contribution in [0.4, 0.5) is 5.69 Å². The number of halogens is 1. The normalized spacial score (nSPS) is 12.6. The van der Waals surface area contributed by atoms with Crippen molar-refractivity contribution >= 4 is 35.0 Å². The monoisotopic (exact) mass is 462 g/mol. The zero-order chi connectivity index (χ0) is 23.4. The number of anilines is 1. The van der Waals surface area contributed by atoms with Gasteiger partial charge in [-0.3, -0.25) is 19.3 Å². The predicted octanol–water partition coefficient (Wildman–Crippen LogP) is 5.07. The highest BCUT2D eigenvalue weighted by Crippen LogP contribution is 2.24. The van der Waals surface area contributed by atoms with Crippen LogP contribution >= 0.6 is 11.6 Å². The van der Waals surface area contributed by atoms with E-state index in [1.54, 1.807) is 84.8 Å². The van der Waals surface area contributed by atoms with Crippen molar-refractivity contribution < 1.29 is 19.1 Å². The number of rotatable bonds is 8. The van der Waals surface area contributed by atoms with E-state index in [1.165, 1.54) is 4.90 Å². The van der Waals surface area contributed by atoms with Crippen LogP contribution in [0.1, 0.15) is 43.9 Å². The fraction of sp³-hybridized carbons (Fsp3) is 0.192. The molecule has 0 aromatic heterocycles. The number of unbranched alkanes of at least 4 members (excludes halogenated alkanes) is 1. The van der Waals surface area contributed by atoms with Gasteiger partial charge in [0.05, 0.1) is 18.2 Å². The third kappa shape index (κ3) is 4.76. The molecule has 3 aromatic carbocycles. The summed E-state index contributed by atoms with van der Waals surface area (Å²) in [5.41, 5.74) is 2.11. The van der Waals surface area contributed by atoms with Gasteiger partial charge in [-0.25, -0.2) is 0 Å². The van der Waals surface area contributed by atoms with Gasteiger partial charge in [-0.1, -0.05) is 29.8 Å². The summed E-state index contributed by atoms with van der Waals surface area (Å²) >= 11 is 6.03. The zero-order valence-corrected chi connectivity index (χ0v) is 18.9. The number of methoxy groups -OCH3 is 1. The molecule has 0 radical (unpaired) electrons. The van der Waals surface area contributed by atoms with Crippen LogP contribution in [0.5, 0.6) is 5.75 Å². The van der Waals surface area contributed by atoms with Crippen molar-refractivity contribution in [2.45, 2.75) is 12.8 Å². The van der Waals surface area contributed by atoms with E-state index in [0.717, 1.165) is 0 Å². The summed E-state index contributed by atoms with van der Waals surface area (Å²) in [6, 6.07) is 20.9. The Hall–Kier alpha value is -3.64. The molecule has 3 aromatic rings. The van der Waals surface area contributed by atoms with Gasteiger partial charge in [-0.05, 0) is 67.4 Å². The lowest BCUT2D eigenvalue weighted by Gasteiger charge is -2.24. The molecular formula is C26H23ClN2O4. The van der Waals surface area contributed by atoms with Gasteiger partial charge in [0.25, 0.3) is 17.7 Å². The topological polar surface area (TPSA) is 66.9 Å². The van der Waals surface area contributed by atoms with Crippen LogP contribution in [-0.4, -0.2) is 42.8 Å². The molecule has 0 N–H and O–H groups in total. The summed E-state index contributed by atoms with van der Waals surface area (Å²) in [5.74, 6) is -0.102. The number of imide groups is 1. The summed E-state index contributed by atoms with van der Waals surface area (Å²) < 4.78 is 5.25. The molecule has 1 aliphatic heterocycles. The zero-order valence-electron chi connectivity index (χ0n) is 18.2. The lowest BCUT2D eigenvalue weighted by Crippen LogP contribution is -2.34. The maximum Gasteiger partial charge on any atom is 0.261 e. The first kappa shape index (κ1) is 22.6. The third-order valence-corrected chi connectivity index (χ3v) is 5.84. The molecule has 1 aliphatic rings. The standard InChI is InChI=1S/C26H23ClN2O4/c1-33-21-8-6-7-18(17-21)24(30)28(20-13-11-19(27)12-14-20)15-4-5-16-29-25(31)22-9-2-3-10-23(22)26(29)32/h2-3,6-14,17H,4-5,15-16H2,1H3. The van der Waals surface area contributed by atoms with Crippen molar-refractivity contribution in [2.24, 2.45) is 0 Å². The van der Waals surface area contributed by atoms with Crippen molar-refractivity contribution in [1.29, 1.82) is 0 Å². The highest BCUT2D eigenvalue weighted by atomic mass is 35.5. The molecule has 33 heavy (non-hydrogen) atoms. The second-order valence-electron chi connectivity index (χ2n) is 7.68. The first-order chi connectivity index (χ1) is 16.0. The smallest absolute Gasteiger partial charge is 0.261 e. The minimum absolute atomic E-state index is 0.169. The Labute approximate surface area is 197 Å². The first-order valence-electron chi connectivity index (χ1n) is 10.7. The van der Waals surface area contributed by atoms with Crippen LogP contribution in [0.15, 0.2) is 72.8 Å². The Bertz CT molecular complexity index is 1160. The molecule has 0 bridgehead atoms. The molecule has 168 valence electrons. The Morgan fingerprint density at radius 3 is 2.21 bits per heavy atom. The molecule has 0 spiro atoms. The molecule has 3 amide bonds. The number of carbonyl (C=O) groups is 3. The second-order valence-corrected chi connectivity index (χ2v) is 8.12. The molecule has 0 saturated carbocycles. The van der Waals surface area contributed by atoms with E-state index in [9.17, 15) is 14.4 Å². The van der Waals surface area contributed by atoms with Crippen LogP contribution in [0.2, 0.25) is 5.02 Å². The highest BCUT2D eigenvalue weighted by Gasteiger charge is 2.34. The SMILES string of the molecule is COc1cccc(C(=O)N(CCCCN2C(=O)c3ccccc3C2=O)c2ccc(Cl)cc2)c1. The van der Waals surface area contributed by atoms with E-state index in [0.29, 0.717) is 59.1 Å². The Morgan fingerprint density at radius 2 is 1.58 bits per heavy atom. The van der Waals surface area contributed by atoms with Gasteiger partial charge in [-0.2, -0.15) is 0 Å². The van der Waals surface area contributed by atoms with E-state index >= 15 is 0 Å². The van der Waals surface area contributed by atoms with Crippen LogP contribution in [0.3, 0.4) is 0 Å². The molecule has 7 heteroatoms. The van der Waals surface area contributed by atoms with Crippen molar-refractivity contribution in [3.05, 3.63) is 94.5 Å². The van der Waals surface area contributed by atoms with Crippen LogP contribution in [0, 0.1) is 0 Å². The average molecular weight is 463 g/mol.